The molecule has 0 saturated carbocycles. The molecular formula is C7H15NO6. The normalized spacial score (nSPS) is 17.2. The molecule has 14 heavy (non-hydrogen) atoms. The minimum absolute atomic E-state index is 0.232. The molecule has 0 fully saturated rings. The van der Waals surface area contributed by atoms with Crippen molar-refractivity contribution in [3.63, 3.8) is 0 Å². The lowest BCUT2D eigenvalue weighted by molar-refractivity contribution is -0.137. The monoisotopic (exact) mass is 209 g/mol. The zero-order valence-electron chi connectivity index (χ0n) is 7.50. The third-order valence-corrected chi connectivity index (χ3v) is 1.54. The van der Waals surface area contributed by atoms with E-state index in [1.165, 1.54) is 0 Å². The molecule has 7 nitrogen and oxygen atoms in total. The number of aliphatic hydroxyl groups is 5. The van der Waals surface area contributed by atoms with E-state index < -0.39 is 37.4 Å². The smallest absolute Gasteiger partial charge is 0.251 e. The quantitative estimate of drug-likeness (QED) is 0.266. The molecule has 1 amide bonds. The summed E-state index contributed by atoms with van der Waals surface area (Å²) in [7, 11) is 0. The van der Waals surface area contributed by atoms with Crippen LogP contribution in [0.25, 0.3) is 0 Å². The van der Waals surface area contributed by atoms with Gasteiger partial charge in [0.2, 0.25) is 0 Å². The second kappa shape index (κ2) is 6.68. The number of nitrogens with one attached hydrogen (secondary N) is 1. The molecule has 0 aromatic heterocycles. The van der Waals surface area contributed by atoms with Gasteiger partial charge in [-0.2, -0.15) is 0 Å². The molecule has 3 unspecified atom stereocenters. The lowest BCUT2D eigenvalue weighted by Crippen LogP contribution is -2.46. The summed E-state index contributed by atoms with van der Waals surface area (Å²) in [6.45, 7) is -1.49. The molecule has 0 aliphatic heterocycles. The predicted octanol–water partition coefficient (Wildman–Crippen LogP) is -3.83. The van der Waals surface area contributed by atoms with Crippen LogP contribution in [0.3, 0.4) is 0 Å². The Hall–Kier alpha value is -0.730. The first-order valence-corrected chi connectivity index (χ1v) is 4.06. The average Bonchev–Trinajstić information content (AvgIpc) is 2.22. The van der Waals surface area contributed by atoms with Gasteiger partial charge in [-0.3, -0.25) is 4.79 Å². The standard InChI is InChI=1S/C7H15NO6/c9-2-4(11)1-8-7(14)6(13)5(12)3-10/h4-6,9-13H,1-3H2,(H,8,14). The summed E-state index contributed by atoms with van der Waals surface area (Å²) < 4.78 is 0. The molecule has 0 rings (SSSR count). The molecule has 6 N–H and O–H groups in total. The highest BCUT2D eigenvalue weighted by Crippen LogP contribution is 1.92. The number of amides is 1. The molecule has 0 radical (unpaired) electrons. The second-order valence-corrected chi connectivity index (χ2v) is 2.78. The Morgan fingerprint density at radius 1 is 1.14 bits per heavy atom. The highest BCUT2D eigenvalue weighted by molar-refractivity contribution is 5.81. The van der Waals surface area contributed by atoms with Crippen molar-refractivity contribution in [2.45, 2.75) is 18.3 Å². The topological polar surface area (TPSA) is 130 Å². The first kappa shape index (κ1) is 13.3. The van der Waals surface area contributed by atoms with Crippen LogP contribution in [0.15, 0.2) is 0 Å². The Kier molecular flexibility index (Phi) is 6.34. The van der Waals surface area contributed by atoms with Crippen molar-refractivity contribution >= 4 is 5.91 Å². The molecule has 7 heteroatoms. The zero-order valence-corrected chi connectivity index (χ0v) is 7.50. The number of carbonyl (C=O) groups excluding carboxylic acids is 1. The van der Waals surface area contributed by atoms with Gasteiger partial charge in [0.05, 0.1) is 19.3 Å². The van der Waals surface area contributed by atoms with Crippen LogP contribution in [-0.2, 0) is 4.79 Å². The van der Waals surface area contributed by atoms with Crippen LogP contribution in [0, 0.1) is 0 Å². The lowest BCUT2D eigenvalue weighted by Gasteiger charge is -2.16. The van der Waals surface area contributed by atoms with Crippen molar-refractivity contribution < 1.29 is 30.3 Å². The Balaban J connectivity index is 3.84. The summed E-state index contributed by atoms with van der Waals surface area (Å²) in [4.78, 5) is 10.9. The Morgan fingerprint density at radius 2 is 1.71 bits per heavy atom. The summed E-state index contributed by atoms with van der Waals surface area (Å²) in [5, 5.41) is 45.5. The highest BCUT2D eigenvalue weighted by atomic mass is 16.4. The minimum Gasteiger partial charge on any atom is -0.394 e. The van der Waals surface area contributed by atoms with E-state index in [9.17, 15) is 4.79 Å². The Bertz CT molecular complexity index is 176. The second-order valence-electron chi connectivity index (χ2n) is 2.78. The number of hydrogen-bond donors (Lipinski definition) is 6. The number of rotatable bonds is 6. The van der Waals surface area contributed by atoms with Gasteiger partial charge in [-0.1, -0.05) is 0 Å². The maximum absolute atomic E-state index is 10.9. The number of hydrogen-bond acceptors (Lipinski definition) is 6. The predicted molar refractivity (Wildman–Crippen MR) is 45.2 cm³/mol. The van der Waals surface area contributed by atoms with E-state index in [2.05, 4.69) is 5.32 Å². The summed E-state index contributed by atoms with van der Waals surface area (Å²) >= 11 is 0. The van der Waals surface area contributed by atoms with E-state index in [1.54, 1.807) is 0 Å². The molecule has 0 aliphatic rings. The van der Waals surface area contributed by atoms with Crippen molar-refractivity contribution in [3.8, 4) is 0 Å². The van der Waals surface area contributed by atoms with Crippen molar-refractivity contribution in [2.75, 3.05) is 19.8 Å². The fourth-order valence-corrected chi connectivity index (χ4v) is 0.662. The average molecular weight is 209 g/mol. The molecule has 0 heterocycles. The van der Waals surface area contributed by atoms with Gasteiger partial charge in [0, 0.05) is 6.54 Å². The molecule has 3 atom stereocenters. The van der Waals surface area contributed by atoms with Gasteiger partial charge >= 0.3 is 0 Å². The van der Waals surface area contributed by atoms with Gasteiger partial charge in [0.25, 0.3) is 5.91 Å². The van der Waals surface area contributed by atoms with E-state index in [4.69, 9.17) is 25.5 Å². The first-order chi connectivity index (χ1) is 6.52. The molecule has 0 aromatic carbocycles. The van der Waals surface area contributed by atoms with Crippen molar-refractivity contribution in [3.05, 3.63) is 0 Å². The fraction of sp³-hybridized carbons (Fsp3) is 0.857. The number of carbonyl (C=O) groups is 1. The van der Waals surface area contributed by atoms with Crippen LogP contribution in [0.5, 0.6) is 0 Å². The van der Waals surface area contributed by atoms with E-state index in [0.717, 1.165) is 0 Å². The van der Waals surface area contributed by atoms with Crippen molar-refractivity contribution in [2.24, 2.45) is 0 Å². The largest absolute Gasteiger partial charge is 0.394 e. The van der Waals surface area contributed by atoms with Crippen LogP contribution in [0.2, 0.25) is 0 Å². The van der Waals surface area contributed by atoms with E-state index in [0.29, 0.717) is 0 Å². The molecule has 0 spiro atoms. The fourth-order valence-electron chi connectivity index (χ4n) is 0.662. The zero-order chi connectivity index (χ0) is 11.1. The van der Waals surface area contributed by atoms with Gasteiger partial charge in [-0.15, -0.1) is 0 Å². The molecule has 0 aromatic rings. The van der Waals surface area contributed by atoms with Crippen LogP contribution >= 0.6 is 0 Å². The maximum atomic E-state index is 10.9. The van der Waals surface area contributed by atoms with Crippen LogP contribution in [0.1, 0.15) is 0 Å². The van der Waals surface area contributed by atoms with E-state index in [-0.39, 0.29) is 6.54 Å². The molecular weight excluding hydrogens is 194 g/mol. The van der Waals surface area contributed by atoms with Gasteiger partial charge in [0.15, 0.2) is 6.10 Å². The van der Waals surface area contributed by atoms with Gasteiger partial charge < -0.3 is 30.8 Å². The third-order valence-electron chi connectivity index (χ3n) is 1.54. The van der Waals surface area contributed by atoms with Crippen LogP contribution in [0.4, 0.5) is 0 Å². The summed E-state index contributed by atoms with van der Waals surface area (Å²) in [6.07, 6.45) is -4.41. The van der Waals surface area contributed by atoms with E-state index in [1.807, 2.05) is 0 Å². The third kappa shape index (κ3) is 4.49. The first-order valence-electron chi connectivity index (χ1n) is 4.06. The van der Waals surface area contributed by atoms with E-state index >= 15 is 0 Å². The van der Waals surface area contributed by atoms with Gasteiger partial charge in [-0.05, 0) is 0 Å². The number of aliphatic hydroxyl groups excluding tert-OH is 5. The Labute approximate surface area is 80.6 Å². The summed E-state index contributed by atoms with van der Waals surface area (Å²) in [6, 6.07) is 0. The van der Waals surface area contributed by atoms with Crippen LogP contribution < -0.4 is 5.32 Å². The molecule has 0 bridgehead atoms. The molecule has 84 valence electrons. The maximum Gasteiger partial charge on any atom is 0.251 e. The highest BCUT2D eigenvalue weighted by Gasteiger charge is 2.23. The lowest BCUT2D eigenvalue weighted by atomic mass is 10.2. The summed E-state index contributed by atoms with van der Waals surface area (Å²) in [5.74, 6) is -0.918. The molecule has 0 saturated heterocycles. The minimum atomic E-state index is -1.74. The summed E-state index contributed by atoms with van der Waals surface area (Å²) in [5.41, 5.74) is 0. The van der Waals surface area contributed by atoms with Crippen molar-refractivity contribution in [1.82, 2.24) is 5.32 Å². The SMILES string of the molecule is O=C(NCC(O)CO)C(O)C(O)CO. The van der Waals surface area contributed by atoms with Gasteiger partial charge in [0.1, 0.15) is 6.10 Å². The van der Waals surface area contributed by atoms with Gasteiger partial charge in [-0.25, -0.2) is 0 Å². The Morgan fingerprint density at radius 3 is 2.14 bits per heavy atom. The van der Waals surface area contributed by atoms with Crippen LogP contribution in [-0.4, -0.2) is 69.5 Å². The van der Waals surface area contributed by atoms with Crippen molar-refractivity contribution in [1.29, 1.82) is 0 Å². The molecule has 0 aliphatic carbocycles.